The molecule has 0 bridgehead atoms. The summed E-state index contributed by atoms with van der Waals surface area (Å²) in [5, 5.41) is 0. The zero-order chi connectivity index (χ0) is 26.0. The van der Waals surface area contributed by atoms with E-state index < -0.39 is 17.5 Å². The summed E-state index contributed by atoms with van der Waals surface area (Å²) >= 11 is 0. The van der Waals surface area contributed by atoms with Crippen LogP contribution >= 0.6 is 0 Å². The van der Waals surface area contributed by atoms with Crippen molar-refractivity contribution in [3.63, 3.8) is 0 Å². The maximum Gasteiger partial charge on any atom is 0.410 e. The summed E-state index contributed by atoms with van der Waals surface area (Å²) in [4.78, 5) is 51.7. The normalized spacial score (nSPS) is 14.4. The number of rotatable bonds is 8. The number of unbranched alkanes of at least 4 members (excludes halogenated alkanes) is 1. The number of amides is 2. The maximum atomic E-state index is 12.9. The maximum absolute atomic E-state index is 12.9. The molecule has 1 heterocycles. The average Bonchev–Trinajstić information content (AvgIpc) is 2.84. The monoisotopic (exact) mass is 488 g/mol. The largest absolute Gasteiger partial charge is 0.466 e. The second-order valence-corrected chi connectivity index (χ2v) is 9.35. The van der Waals surface area contributed by atoms with Crippen molar-refractivity contribution in [3.8, 4) is 0 Å². The molecular formula is C26H36N2O7. The Morgan fingerprint density at radius 3 is 2.03 bits per heavy atom. The summed E-state index contributed by atoms with van der Waals surface area (Å²) in [7, 11) is 2.53. The van der Waals surface area contributed by atoms with Crippen molar-refractivity contribution in [2.24, 2.45) is 0 Å². The molecule has 0 aliphatic carbocycles. The predicted molar refractivity (Wildman–Crippen MR) is 130 cm³/mol. The van der Waals surface area contributed by atoms with Gasteiger partial charge in [-0.3, -0.25) is 4.79 Å². The summed E-state index contributed by atoms with van der Waals surface area (Å²) in [6.45, 7) is 7.29. The molecule has 35 heavy (non-hydrogen) atoms. The first-order chi connectivity index (χ1) is 16.5. The Morgan fingerprint density at radius 2 is 1.49 bits per heavy atom. The number of carbonyl (C=O) groups is 4. The van der Waals surface area contributed by atoms with Crippen LogP contribution in [0.15, 0.2) is 35.9 Å². The first kappa shape index (κ1) is 27.9. The fourth-order valence-electron chi connectivity index (χ4n) is 3.63. The predicted octanol–water partition coefficient (Wildman–Crippen LogP) is 3.36. The highest BCUT2D eigenvalue weighted by atomic mass is 16.6. The third-order valence-electron chi connectivity index (χ3n) is 5.52. The highest BCUT2D eigenvalue weighted by Gasteiger charge is 2.28. The Morgan fingerprint density at radius 1 is 0.886 bits per heavy atom. The Balaban J connectivity index is 1.81. The van der Waals surface area contributed by atoms with E-state index in [1.54, 1.807) is 9.80 Å². The summed E-state index contributed by atoms with van der Waals surface area (Å²) in [6.07, 6.45) is 3.49. The lowest BCUT2D eigenvalue weighted by atomic mass is 10.0. The minimum atomic E-state index is -0.586. The number of hydrogen-bond acceptors (Lipinski definition) is 7. The molecule has 9 heteroatoms. The third-order valence-corrected chi connectivity index (χ3v) is 5.52. The zero-order valence-corrected chi connectivity index (χ0v) is 21.3. The van der Waals surface area contributed by atoms with Crippen molar-refractivity contribution >= 4 is 23.9 Å². The van der Waals surface area contributed by atoms with E-state index in [2.05, 4.69) is 4.74 Å². The van der Waals surface area contributed by atoms with Gasteiger partial charge >= 0.3 is 18.0 Å². The first-order valence-corrected chi connectivity index (χ1v) is 11.8. The summed E-state index contributed by atoms with van der Waals surface area (Å²) in [6, 6.07) is 7.48. The van der Waals surface area contributed by atoms with Crippen LogP contribution in [-0.2, 0) is 30.2 Å². The van der Waals surface area contributed by atoms with E-state index in [1.807, 2.05) is 45.0 Å². The molecule has 1 aromatic carbocycles. The molecule has 1 aliphatic rings. The SMILES string of the molecule is COC(=O)/C=C(/CCCCc1ccc(C(=O)N2CCN(C(=O)OC(C)(C)C)CC2)cc1)C(=O)OC. The van der Waals surface area contributed by atoms with Crippen LogP contribution in [-0.4, -0.2) is 79.7 Å². The Hall–Kier alpha value is -3.36. The Bertz CT molecular complexity index is 924. The van der Waals surface area contributed by atoms with Gasteiger partial charge in [0.2, 0.25) is 0 Å². The van der Waals surface area contributed by atoms with Gasteiger partial charge in [0.25, 0.3) is 5.91 Å². The van der Waals surface area contributed by atoms with E-state index in [-0.39, 0.29) is 17.6 Å². The summed E-state index contributed by atoms with van der Waals surface area (Å²) in [5.74, 6) is -1.18. The van der Waals surface area contributed by atoms with E-state index in [4.69, 9.17) is 9.47 Å². The molecule has 1 aromatic rings. The van der Waals surface area contributed by atoms with Crippen molar-refractivity contribution in [1.29, 1.82) is 0 Å². The minimum Gasteiger partial charge on any atom is -0.466 e. The van der Waals surface area contributed by atoms with Gasteiger partial charge in [0.1, 0.15) is 5.60 Å². The van der Waals surface area contributed by atoms with Crippen LogP contribution in [0.2, 0.25) is 0 Å². The molecule has 0 spiro atoms. The molecule has 2 amide bonds. The van der Waals surface area contributed by atoms with E-state index in [0.29, 0.717) is 44.6 Å². The third kappa shape index (κ3) is 9.07. The van der Waals surface area contributed by atoms with Crippen molar-refractivity contribution in [3.05, 3.63) is 47.0 Å². The molecular weight excluding hydrogens is 452 g/mol. The molecule has 1 aliphatic heterocycles. The number of nitrogens with zero attached hydrogens (tertiary/aromatic N) is 2. The lowest BCUT2D eigenvalue weighted by Gasteiger charge is -2.35. The fourth-order valence-corrected chi connectivity index (χ4v) is 3.63. The van der Waals surface area contributed by atoms with Crippen LogP contribution < -0.4 is 0 Å². The van der Waals surface area contributed by atoms with Gasteiger partial charge in [0.05, 0.1) is 14.2 Å². The average molecular weight is 489 g/mol. The molecule has 1 saturated heterocycles. The number of aryl methyl sites for hydroxylation is 1. The minimum absolute atomic E-state index is 0.0592. The van der Waals surface area contributed by atoms with Gasteiger partial charge in [-0.25, -0.2) is 14.4 Å². The second kappa shape index (κ2) is 12.9. The van der Waals surface area contributed by atoms with E-state index in [0.717, 1.165) is 18.4 Å². The quantitative estimate of drug-likeness (QED) is 0.239. The fraction of sp³-hybridized carbons (Fsp3) is 0.538. The van der Waals surface area contributed by atoms with Crippen LogP contribution in [0.4, 0.5) is 4.79 Å². The topological polar surface area (TPSA) is 102 Å². The molecule has 1 fully saturated rings. The molecule has 2 rings (SSSR count). The van der Waals surface area contributed by atoms with Gasteiger partial charge < -0.3 is 24.0 Å². The molecule has 9 nitrogen and oxygen atoms in total. The van der Waals surface area contributed by atoms with Crippen LogP contribution in [0.3, 0.4) is 0 Å². The first-order valence-electron chi connectivity index (χ1n) is 11.8. The Kier molecular flexibility index (Phi) is 10.3. The van der Waals surface area contributed by atoms with Crippen LogP contribution in [0.1, 0.15) is 56.0 Å². The van der Waals surface area contributed by atoms with Crippen LogP contribution in [0.5, 0.6) is 0 Å². The van der Waals surface area contributed by atoms with Crippen molar-refractivity contribution < 1.29 is 33.4 Å². The molecule has 0 saturated carbocycles. The lowest BCUT2D eigenvalue weighted by Crippen LogP contribution is -2.51. The molecule has 192 valence electrons. The molecule has 0 radical (unpaired) electrons. The number of carbonyl (C=O) groups excluding carboxylic acids is 4. The van der Waals surface area contributed by atoms with Gasteiger partial charge in [-0.05, 0) is 64.2 Å². The smallest absolute Gasteiger partial charge is 0.410 e. The molecule has 0 aromatic heterocycles. The van der Waals surface area contributed by atoms with Crippen molar-refractivity contribution in [2.45, 2.75) is 52.1 Å². The molecule has 0 atom stereocenters. The number of ether oxygens (including phenoxy) is 3. The highest BCUT2D eigenvalue weighted by molar-refractivity contribution is 5.96. The van der Waals surface area contributed by atoms with E-state index in [1.165, 1.54) is 20.3 Å². The lowest BCUT2D eigenvalue weighted by molar-refractivity contribution is -0.138. The highest BCUT2D eigenvalue weighted by Crippen LogP contribution is 2.16. The molecule has 0 N–H and O–H groups in total. The zero-order valence-electron chi connectivity index (χ0n) is 21.3. The number of benzene rings is 1. The number of piperazine rings is 1. The van der Waals surface area contributed by atoms with Crippen molar-refractivity contribution in [1.82, 2.24) is 9.80 Å². The number of esters is 2. The number of hydrogen-bond donors (Lipinski definition) is 0. The standard InChI is InChI=1S/C26H36N2O7/c1-26(2,3)35-25(32)28-16-14-27(15-17-28)23(30)20-12-10-19(11-13-20)8-6-7-9-21(24(31)34-5)18-22(29)33-4/h10-13,18H,6-9,14-17H2,1-5H3/b21-18-. The van der Waals surface area contributed by atoms with Crippen LogP contribution in [0.25, 0.3) is 0 Å². The number of methoxy groups -OCH3 is 2. The van der Waals surface area contributed by atoms with Gasteiger partial charge in [-0.1, -0.05) is 12.1 Å². The van der Waals surface area contributed by atoms with E-state index >= 15 is 0 Å². The van der Waals surface area contributed by atoms with Gasteiger partial charge in [-0.2, -0.15) is 0 Å². The van der Waals surface area contributed by atoms with Crippen molar-refractivity contribution in [2.75, 3.05) is 40.4 Å². The van der Waals surface area contributed by atoms with Crippen LogP contribution in [0, 0.1) is 0 Å². The van der Waals surface area contributed by atoms with Gasteiger partial charge in [-0.15, -0.1) is 0 Å². The second-order valence-electron chi connectivity index (χ2n) is 9.35. The Labute approximate surface area is 207 Å². The summed E-state index contributed by atoms with van der Waals surface area (Å²) in [5.41, 5.74) is 1.42. The molecule has 0 unspecified atom stereocenters. The van der Waals surface area contributed by atoms with Gasteiger partial charge in [0, 0.05) is 43.4 Å². The van der Waals surface area contributed by atoms with Gasteiger partial charge in [0.15, 0.2) is 0 Å². The summed E-state index contributed by atoms with van der Waals surface area (Å²) < 4.78 is 14.7. The van der Waals surface area contributed by atoms with E-state index in [9.17, 15) is 19.2 Å².